The lowest BCUT2D eigenvalue weighted by Gasteiger charge is -2.11. The van der Waals surface area contributed by atoms with Gasteiger partial charge in [-0.1, -0.05) is 6.07 Å². The Labute approximate surface area is 94.0 Å². The van der Waals surface area contributed by atoms with E-state index in [4.69, 9.17) is 10.5 Å². The summed E-state index contributed by atoms with van der Waals surface area (Å²) in [5.74, 6) is 0.994. The van der Waals surface area contributed by atoms with Crippen molar-refractivity contribution in [3.8, 4) is 0 Å². The number of nitrogens with zero attached hydrogens (tertiary/aromatic N) is 2. The van der Waals surface area contributed by atoms with Gasteiger partial charge in [0, 0.05) is 18.8 Å². The van der Waals surface area contributed by atoms with Gasteiger partial charge in [0.1, 0.15) is 11.9 Å². The highest BCUT2D eigenvalue weighted by atomic mass is 16.5. The number of imidazole rings is 1. The SMILES string of the molecule is NCc1cccc2cnc(C3CCCO3)n12. The molecule has 1 aliphatic rings. The number of nitrogens with two attached hydrogens (primary N) is 1. The minimum absolute atomic E-state index is 0.134. The summed E-state index contributed by atoms with van der Waals surface area (Å²) in [4.78, 5) is 4.47. The van der Waals surface area contributed by atoms with Crippen molar-refractivity contribution in [3.05, 3.63) is 35.9 Å². The van der Waals surface area contributed by atoms with Crippen LogP contribution in [0.5, 0.6) is 0 Å². The first-order valence-corrected chi connectivity index (χ1v) is 5.67. The van der Waals surface area contributed by atoms with Gasteiger partial charge in [-0.05, 0) is 25.0 Å². The topological polar surface area (TPSA) is 52.5 Å². The molecule has 0 aliphatic carbocycles. The van der Waals surface area contributed by atoms with E-state index < -0.39 is 0 Å². The summed E-state index contributed by atoms with van der Waals surface area (Å²) in [6.07, 6.45) is 4.19. The molecule has 2 aromatic rings. The molecule has 3 heterocycles. The zero-order chi connectivity index (χ0) is 11.0. The first kappa shape index (κ1) is 9.81. The third-order valence-electron chi connectivity index (χ3n) is 3.09. The smallest absolute Gasteiger partial charge is 0.142 e. The van der Waals surface area contributed by atoms with Gasteiger partial charge in [0.25, 0.3) is 0 Å². The van der Waals surface area contributed by atoms with Gasteiger partial charge in [-0.25, -0.2) is 4.98 Å². The van der Waals surface area contributed by atoms with Gasteiger partial charge in [-0.3, -0.25) is 4.40 Å². The van der Waals surface area contributed by atoms with Crippen LogP contribution in [0.2, 0.25) is 0 Å². The molecule has 16 heavy (non-hydrogen) atoms. The van der Waals surface area contributed by atoms with Crippen LogP contribution >= 0.6 is 0 Å². The molecular weight excluding hydrogens is 202 g/mol. The quantitative estimate of drug-likeness (QED) is 0.832. The summed E-state index contributed by atoms with van der Waals surface area (Å²) < 4.78 is 7.80. The lowest BCUT2D eigenvalue weighted by molar-refractivity contribution is 0.104. The van der Waals surface area contributed by atoms with Crippen LogP contribution in [0.15, 0.2) is 24.4 Å². The van der Waals surface area contributed by atoms with Gasteiger partial charge in [0.05, 0.1) is 11.7 Å². The molecule has 0 bridgehead atoms. The molecule has 2 aromatic heterocycles. The second-order valence-electron chi connectivity index (χ2n) is 4.10. The van der Waals surface area contributed by atoms with E-state index in [1.54, 1.807) is 0 Å². The Balaban J connectivity index is 2.16. The van der Waals surface area contributed by atoms with Gasteiger partial charge in [0.2, 0.25) is 0 Å². The van der Waals surface area contributed by atoms with Crippen LogP contribution < -0.4 is 5.73 Å². The summed E-state index contributed by atoms with van der Waals surface area (Å²) in [5, 5.41) is 0. The highest BCUT2D eigenvalue weighted by molar-refractivity contribution is 5.47. The average Bonchev–Trinajstić information content (AvgIpc) is 2.96. The number of hydrogen-bond acceptors (Lipinski definition) is 3. The molecule has 4 nitrogen and oxygen atoms in total. The van der Waals surface area contributed by atoms with Crippen LogP contribution in [0.1, 0.15) is 30.5 Å². The lowest BCUT2D eigenvalue weighted by atomic mass is 10.2. The van der Waals surface area contributed by atoms with E-state index in [0.717, 1.165) is 36.5 Å². The van der Waals surface area contributed by atoms with Crippen molar-refractivity contribution in [2.45, 2.75) is 25.5 Å². The monoisotopic (exact) mass is 217 g/mol. The van der Waals surface area contributed by atoms with Crippen LogP contribution in [0, 0.1) is 0 Å². The Morgan fingerprint density at radius 3 is 3.19 bits per heavy atom. The Morgan fingerprint density at radius 2 is 2.44 bits per heavy atom. The molecule has 1 unspecified atom stereocenters. The van der Waals surface area contributed by atoms with Gasteiger partial charge in [0.15, 0.2) is 0 Å². The molecule has 4 heteroatoms. The van der Waals surface area contributed by atoms with E-state index in [9.17, 15) is 0 Å². The van der Waals surface area contributed by atoms with Crippen molar-refractivity contribution < 1.29 is 4.74 Å². The normalized spacial score (nSPS) is 20.7. The van der Waals surface area contributed by atoms with Crippen LogP contribution in [-0.2, 0) is 11.3 Å². The Hall–Kier alpha value is -1.39. The molecule has 0 aromatic carbocycles. The van der Waals surface area contributed by atoms with Crippen LogP contribution in [-0.4, -0.2) is 16.0 Å². The Kier molecular flexibility index (Phi) is 2.38. The van der Waals surface area contributed by atoms with Crippen molar-refractivity contribution in [2.75, 3.05) is 6.61 Å². The number of fused-ring (bicyclic) bond motifs is 1. The van der Waals surface area contributed by atoms with E-state index in [1.807, 2.05) is 24.4 Å². The van der Waals surface area contributed by atoms with E-state index in [0.29, 0.717) is 6.54 Å². The molecule has 0 radical (unpaired) electrons. The van der Waals surface area contributed by atoms with Crippen molar-refractivity contribution in [1.82, 2.24) is 9.38 Å². The standard InChI is InChI=1S/C12H15N3O/c13-7-9-3-1-4-10-8-14-12(15(9)10)11-5-2-6-16-11/h1,3-4,8,11H,2,5-7,13H2. The van der Waals surface area contributed by atoms with Gasteiger partial charge in [-0.15, -0.1) is 0 Å². The maximum absolute atomic E-state index is 5.75. The highest BCUT2D eigenvalue weighted by Gasteiger charge is 2.22. The van der Waals surface area contributed by atoms with E-state index in [1.165, 1.54) is 0 Å². The van der Waals surface area contributed by atoms with Crippen molar-refractivity contribution >= 4 is 5.52 Å². The first-order chi connectivity index (χ1) is 7.90. The molecular formula is C12H15N3O. The molecule has 1 aliphatic heterocycles. The minimum Gasteiger partial charge on any atom is -0.370 e. The maximum atomic E-state index is 5.75. The van der Waals surface area contributed by atoms with Gasteiger partial charge < -0.3 is 10.5 Å². The predicted molar refractivity (Wildman–Crippen MR) is 61.0 cm³/mol. The lowest BCUT2D eigenvalue weighted by Crippen LogP contribution is -2.09. The fourth-order valence-electron chi connectivity index (χ4n) is 2.31. The molecule has 0 amide bonds. The minimum atomic E-state index is 0.134. The number of rotatable bonds is 2. The second kappa shape index (κ2) is 3.88. The highest BCUT2D eigenvalue weighted by Crippen LogP contribution is 2.28. The zero-order valence-corrected chi connectivity index (χ0v) is 9.10. The number of aromatic nitrogens is 2. The van der Waals surface area contributed by atoms with Crippen LogP contribution in [0.4, 0.5) is 0 Å². The number of pyridine rings is 1. The van der Waals surface area contributed by atoms with Gasteiger partial charge >= 0.3 is 0 Å². The Morgan fingerprint density at radius 1 is 1.50 bits per heavy atom. The van der Waals surface area contributed by atoms with E-state index in [-0.39, 0.29) is 6.10 Å². The van der Waals surface area contributed by atoms with Crippen LogP contribution in [0.25, 0.3) is 5.52 Å². The van der Waals surface area contributed by atoms with Crippen molar-refractivity contribution in [3.63, 3.8) is 0 Å². The molecule has 1 atom stereocenters. The number of hydrogen-bond donors (Lipinski definition) is 1. The summed E-state index contributed by atoms with van der Waals surface area (Å²) in [6, 6.07) is 6.09. The summed E-state index contributed by atoms with van der Waals surface area (Å²) in [6.45, 7) is 1.36. The molecule has 1 saturated heterocycles. The van der Waals surface area contributed by atoms with Crippen molar-refractivity contribution in [1.29, 1.82) is 0 Å². The summed E-state index contributed by atoms with van der Waals surface area (Å²) in [7, 11) is 0. The summed E-state index contributed by atoms with van der Waals surface area (Å²) in [5.41, 5.74) is 7.93. The largest absolute Gasteiger partial charge is 0.370 e. The average molecular weight is 217 g/mol. The van der Waals surface area contributed by atoms with Crippen molar-refractivity contribution in [2.24, 2.45) is 5.73 Å². The molecule has 84 valence electrons. The predicted octanol–water partition coefficient (Wildman–Crippen LogP) is 1.64. The Bertz CT molecular complexity index is 500. The van der Waals surface area contributed by atoms with E-state index in [2.05, 4.69) is 9.38 Å². The molecule has 0 saturated carbocycles. The number of ether oxygens (including phenoxy) is 1. The molecule has 0 spiro atoms. The van der Waals surface area contributed by atoms with Gasteiger partial charge in [-0.2, -0.15) is 0 Å². The van der Waals surface area contributed by atoms with E-state index >= 15 is 0 Å². The summed E-state index contributed by atoms with van der Waals surface area (Å²) >= 11 is 0. The molecule has 2 N–H and O–H groups in total. The first-order valence-electron chi connectivity index (χ1n) is 5.67. The fraction of sp³-hybridized carbons (Fsp3) is 0.417. The van der Waals surface area contributed by atoms with Crippen LogP contribution in [0.3, 0.4) is 0 Å². The third kappa shape index (κ3) is 1.42. The maximum Gasteiger partial charge on any atom is 0.142 e. The third-order valence-corrected chi connectivity index (χ3v) is 3.09. The molecule has 3 rings (SSSR count). The second-order valence-corrected chi connectivity index (χ2v) is 4.10. The molecule has 1 fully saturated rings. The zero-order valence-electron chi connectivity index (χ0n) is 9.10. The fourth-order valence-corrected chi connectivity index (χ4v) is 2.31.